The molecule has 0 aliphatic carbocycles. The maximum atomic E-state index is 13.4. The standard InChI is InChI=1S/C23H26ClN5O3/c1-3-15-7-4-5-8-18(15)20-26-21-19(29(20)14-17-10-9-16(24)13-25-17)22(31)28(11-6-12-30)23(32)27(21)2/h4-5,7-8,10,13,16,30H,3,6,9,11-12,14H2,1-2H3. The third-order valence-electron chi connectivity index (χ3n) is 5.71. The maximum Gasteiger partial charge on any atom is 0.332 e. The Balaban J connectivity index is 2.01. The molecule has 1 N–H and O–H groups in total. The summed E-state index contributed by atoms with van der Waals surface area (Å²) in [6.07, 6.45) is 5.43. The molecule has 9 heteroatoms. The lowest BCUT2D eigenvalue weighted by Crippen LogP contribution is -2.40. The van der Waals surface area contributed by atoms with E-state index in [0.29, 0.717) is 36.4 Å². The number of allylic oxidation sites excluding steroid dienone is 2. The number of aliphatic hydroxyl groups is 1. The van der Waals surface area contributed by atoms with Gasteiger partial charge in [-0.1, -0.05) is 37.3 Å². The molecule has 1 atom stereocenters. The number of imidazole rings is 1. The van der Waals surface area contributed by atoms with Crippen LogP contribution < -0.4 is 11.2 Å². The van der Waals surface area contributed by atoms with Crippen molar-refractivity contribution in [1.29, 1.82) is 0 Å². The molecule has 0 amide bonds. The Labute approximate surface area is 190 Å². The normalized spacial score (nSPS) is 16.0. The number of hydrogen-bond donors (Lipinski definition) is 1. The van der Waals surface area contributed by atoms with Crippen molar-refractivity contribution in [2.45, 2.75) is 44.7 Å². The average molecular weight is 456 g/mol. The summed E-state index contributed by atoms with van der Waals surface area (Å²) in [5, 5.41) is 9.08. The zero-order valence-electron chi connectivity index (χ0n) is 18.2. The second kappa shape index (κ2) is 9.26. The number of benzene rings is 1. The van der Waals surface area contributed by atoms with Crippen LogP contribution in [0.3, 0.4) is 0 Å². The summed E-state index contributed by atoms with van der Waals surface area (Å²) in [6, 6.07) is 7.92. The second-order valence-electron chi connectivity index (χ2n) is 7.81. The van der Waals surface area contributed by atoms with Gasteiger partial charge in [0.1, 0.15) is 5.82 Å². The van der Waals surface area contributed by atoms with Crippen molar-refractivity contribution in [2.75, 3.05) is 6.61 Å². The highest BCUT2D eigenvalue weighted by atomic mass is 35.5. The molecule has 0 saturated heterocycles. The fourth-order valence-corrected chi connectivity index (χ4v) is 4.16. The number of hydrogen-bond acceptors (Lipinski definition) is 5. The van der Waals surface area contributed by atoms with Gasteiger partial charge in [0.2, 0.25) is 0 Å². The van der Waals surface area contributed by atoms with Crippen LogP contribution in [-0.4, -0.2) is 42.0 Å². The van der Waals surface area contributed by atoms with Gasteiger partial charge in [0.05, 0.1) is 17.6 Å². The summed E-state index contributed by atoms with van der Waals surface area (Å²) in [5.41, 5.74) is 2.60. The number of fused-ring (bicyclic) bond motifs is 1. The van der Waals surface area contributed by atoms with Crippen molar-refractivity contribution in [1.82, 2.24) is 18.7 Å². The van der Waals surface area contributed by atoms with Crippen molar-refractivity contribution in [3.05, 3.63) is 62.4 Å². The number of aromatic nitrogens is 4. The minimum absolute atomic E-state index is 0.108. The number of rotatable bonds is 7. The lowest BCUT2D eigenvalue weighted by Gasteiger charge is -2.15. The first kappa shape index (κ1) is 22.2. The molecular formula is C23H26ClN5O3. The van der Waals surface area contributed by atoms with Gasteiger partial charge in [0, 0.05) is 32.0 Å². The average Bonchev–Trinajstić information content (AvgIpc) is 3.18. The van der Waals surface area contributed by atoms with E-state index in [9.17, 15) is 14.7 Å². The first-order valence-electron chi connectivity index (χ1n) is 10.7. The van der Waals surface area contributed by atoms with Gasteiger partial charge < -0.3 is 9.67 Å². The molecule has 0 fully saturated rings. The smallest absolute Gasteiger partial charge is 0.332 e. The van der Waals surface area contributed by atoms with Crippen molar-refractivity contribution >= 4 is 29.0 Å². The first-order chi connectivity index (χ1) is 15.5. The fraction of sp³-hybridized carbons (Fsp3) is 0.391. The van der Waals surface area contributed by atoms with Gasteiger partial charge in [-0.15, -0.1) is 11.6 Å². The van der Waals surface area contributed by atoms with E-state index in [4.69, 9.17) is 16.6 Å². The van der Waals surface area contributed by atoms with Crippen LogP contribution in [0.25, 0.3) is 22.6 Å². The van der Waals surface area contributed by atoms with Gasteiger partial charge in [-0.3, -0.25) is 18.9 Å². The zero-order valence-corrected chi connectivity index (χ0v) is 18.9. The monoisotopic (exact) mass is 455 g/mol. The topological polar surface area (TPSA) is 94.4 Å². The molecule has 4 rings (SSSR count). The van der Waals surface area contributed by atoms with E-state index >= 15 is 0 Å². The Morgan fingerprint density at radius 2 is 2.00 bits per heavy atom. The lowest BCUT2D eigenvalue weighted by atomic mass is 10.0. The van der Waals surface area contributed by atoms with Crippen LogP contribution in [-0.2, 0) is 26.6 Å². The molecule has 32 heavy (non-hydrogen) atoms. The minimum Gasteiger partial charge on any atom is -0.396 e. The third-order valence-corrected chi connectivity index (χ3v) is 6.00. The summed E-state index contributed by atoms with van der Waals surface area (Å²) < 4.78 is 4.41. The number of nitrogens with zero attached hydrogens (tertiary/aromatic N) is 5. The summed E-state index contributed by atoms with van der Waals surface area (Å²) in [5.74, 6) is 0.619. The third kappa shape index (κ3) is 3.96. The quantitative estimate of drug-likeness (QED) is 0.554. The minimum atomic E-state index is -0.448. The number of aliphatic hydroxyl groups excluding tert-OH is 1. The maximum absolute atomic E-state index is 13.4. The van der Waals surface area contributed by atoms with Crippen LogP contribution in [0.4, 0.5) is 0 Å². The second-order valence-corrected chi connectivity index (χ2v) is 8.37. The Morgan fingerprint density at radius 3 is 2.69 bits per heavy atom. The molecule has 1 aliphatic heterocycles. The fourth-order valence-electron chi connectivity index (χ4n) is 4.01. The van der Waals surface area contributed by atoms with Gasteiger partial charge in [-0.2, -0.15) is 0 Å². The molecule has 2 aromatic heterocycles. The molecule has 0 saturated carbocycles. The Bertz CT molecular complexity index is 1330. The molecule has 8 nitrogen and oxygen atoms in total. The van der Waals surface area contributed by atoms with E-state index in [1.54, 1.807) is 13.3 Å². The van der Waals surface area contributed by atoms with Gasteiger partial charge >= 0.3 is 5.69 Å². The van der Waals surface area contributed by atoms with Crippen molar-refractivity contribution < 1.29 is 5.11 Å². The van der Waals surface area contributed by atoms with Gasteiger partial charge in [-0.25, -0.2) is 9.78 Å². The van der Waals surface area contributed by atoms with E-state index in [1.165, 1.54) is 9.13 Å². The highest BCUT2D eigenvalue weighted by Crippen LogP contribution is 2.28. The first-order valence-corrected chi connectivity index (χ1v) is 11.2. The van der Waals surface area contributed by atoms with E-state index in [-0.39, 0.29) is 18.5 Å². The summed E-state index contributed by atoms with van der Waals surface area (Å²) in [4.78, 5) is 35.5. The number of aryl methyl sites for hydroxylation is 2. The number of halogens is 1. The molecular weight excluding hydrogens is 430 g/mol. The van der Waals surface area contributed by atoms with E-state index in [2.05, 4.69) is 11.9 Å². The molecule has 0 bridgehead atoms. The SMILES string of the molecule is CCc1ccccc1-c1nc2c(c(=O)n(CCCO)c(=O)n2C)n1CC1=CCC(Cl)C=N1. The summed E-state index contributed by atoms with van der Waals surface area (Å²) in [7, 11) is 1.61. The van der Waals surface area contributed by atoms with Gasteiger partial charge in [0.15, 0.2) is 11.2 Å². The number of alkyl halides is 1. The van der Waals surface area contributed by atoms with E-state index in [1.807, 2.05) is 34.9 Å². The Morgan fingerprint density at radius 1 is 1.22 bits per heavy atom. The molecule has 1 aliphatic rings. The Hall–Kier alpha value is -2.97. The van der Waals surface area contributed by atoms with E-state index in [0.717, 1.165) is 23.2 Å². The van der Waals surface area contributed by atoms with Crippen LogP contribution >= 0.6 is 11.6 Å². The largest absolute Gasteiger partial charge is 0.396 e. The molecule has 0 radical (unpaired) electrons. The van der Waals surface area contributed by atoms with Gasteiger partial charge in [0.25, 0.3) is 5.56 Å². The predicted molar refractivity (Wildman–Crippen MR) is 127 cm³/mol. The molecule has 3 aromatic rings. The number of aliphatic imine (C=N–C) groups is 1. The highest BCUT2D eigenvalue weighted by Gasteiger charge is 2.23. The highest BCUT2D eigenvalue weighted by molar-refractivity contribution is 6.28. The molecule has 168 valence electrons. The van der Waals surface area contributed by atoms with Gasteiger partial charge in [-0.05, 0) is 24.8 Å². The molecule has 1 unspecified atom stereocenters. The van der Waals surface area contributed by atoms with Crippen LogP contribution in [0.15, 0.2) is 50.6 Å². The zero-order chi connectivity index (χ0) is 22.8. The summed E-state index contributed by atoms with van der Waals surface area (Å²) in [6.45, 7) is 2.43. The van der Waals surface area contributed by atoms with Crippen molar-refractivity contribution in [3.8, 4) is 11.4 Å². The lowest BCUT2D eigenvalue weighted by molar-refractivity contribution is 0.277. The van der Waals surface area contributed by atoms with Crippen molar-refractivity contribution in [2.24, 2.45) is 12.0 Å². The van der Waals surface area contributed by atoms with E-state index < -0.39 is 11.2 Å². The van der Waals surface area contributed by atoms with Crippen molar-refractivity contribution in [3.63, 3.8) is 0 Å². The summed E-state index contributed by atoms with van der Waals surface area (Å²) >= 11 is 6.13. The van der Waals surface area contributed by atoms with Crippen LogP contribution in [0.1, 0.15) is 25.3 Å². The van der Waals surface area contributed by atoms with Crippen LogP contribution in [0.5, 0.6) is 0 Å². The predicted octanol–water partition coefficient (Wildman–Crippen LogP) is 2.47. The molecule has 0 spiro atoms. The molecule has 1 aromatic carbocycles. The van der Waals surface area contributed by atoms with Crippen LogP contribution in [0, 0.1) is 0 Å². The Kier molecular flexibility index (Phi) is 6.43. The molecule has 3 heterocycles. The van der Waals surface area contributed by atoms with Crippen LogP contribution in [0.2, 0.25) is 0 Å².